The van der Waals surface area contributed by atoms with Crippen LogP contribution >= 0.6 is 7.75 Å². The van der Waals surface area contributed by atoms with Gasteiger partial charge in [0.05, 0.1) is 18.9 Å². The lowest BCUT2D eigenvalue weighted by molar-refractivity contribution is -0.193. The van der Waals surface area contributed by atoms with E-state index in [0.717, 1.165) is 0 Å². The number of H-pyrrole nitrogens is 1. The Kier molecular flexibility index (Phi) is 9.49. The average Bonchev–Trinajstić information content (AvgIpc) is 3.20. The summed E-state index contributed by atoms with van der Waals surface area (Å²) in [7, 11) is -4.83. The van der Waals surface area contributed by atoms with Crippen LogP contribution in [0.4, 0.5) is 13.2 Å². The molecule has 0 amide bonds. The molecule has 1 saturated heterocycles. The second kappa shape index (κ2) is 12.6. The minimum atomic E-state index is -4.83. The zero-order valence-corrected chi connectivity index (χ0v) is 23.9. The Hall–Kier alpha value is -3.53. The number of aliphatic hydroxyl groups excluding tert-OH is 2. The van der Waals surface area contributed by atoms with Gasteiger partial charge in [0.15, 0.2) is 11.8 Å². The summed E-state index contributed by atoms with van der Waals surface area (Å²) in [5.74, 6) is -2.41. The maximum Gasteiger partial charge on any atom is 0.459 e. The van der Waals surface area contributed by atoms with E-state index in [1.165, 1.54) is 13.0 Å². The van der Waals surface area contributed by atoms with Crippen molar-refractivity contribution in [2.45, 2.75) is 63.4 Å². The van der Waals surface area contributed by atoms with Crippen molar-refractivity contribution in [3.63, 3.8) is 0 Å². The standard InChI is InChI=1S/C26H29F3N3O10P/c1-13(2)40-23(36)14(3)31-43(38,42-18-10-6-8-15-7-4-5-9-16(15)18)39-12-26(24(28)29)20(34)19(33)22(41-26)32-11-17(27)21(35)30-25(32)37/h4-11,13-14,19-20,22,24,33-34H,12H2,1-3H3,(H,31,38)(H,30,35,37)/t14-,19+,20+,22+,26+,43?/m0/s1. The number of carbonyl (C=O) groups is 1. The number of nitrogens with zero attached hydrogens (tertiary/aromatic N) is 1. The maximum atomic E-state index is 14.6. The van der Waals surface area contributed by atoms with Crippen LogP contribution in [-0.2, 0) is 23.4 Å². The van der Waals surface area contributed by atoms with Crippen molar-refractivity contribution in [2.24, 2.45) is 0 Å². The number of aliphatic hydroxyl groups is 2. The molecule has 17 heteroatoms. The highest BCUT2D eigenvalue weighted by atomic mass is 31.2. The molecule has 1 unspecified atom stereocenters. The van der Waals surface area contributed by atoms with Crippen LogP contribution in [0.2, 0.25) is 0 Å². The van der Waals surface area contributed by atoms with E-state index < -0.39 is 80.0 Å². The molecule has 0 aliphatic carbocycles. The Balaban J connectivity index is 1.69. The van der Waals surface area contributed by atoms with E-state index in [1.807, 2.05) is 0 Å². The number of hydrogen-bond acceptors (Lipinski definition) is 10. The van der Waals surface area contributed by atoms with E-state index in [-0.39, 0.29) is 10.3 Å². The molecular weight excluding hydrogens is 602 g/mol. The molecule has 6 atom stereocenters. The molecule has 0 spiro atoms. The predicted molar refractivity (Wildman–Crippen MR) is 144 cm³/mol. The van der Waals surface area contributed by atoms with Crippen LogP contribution in [0.3, 0.4) is 0 Å². The van der Waals surface area contributed by atoms with Gasteiger partial charge in [0.1, 0.15) is 24.0 Å². The monoisotopic (exact) mass is 631 g/mol. The third-order valence-electron chi connectivity index (χ3n) is 6.51. The van der Waals surface area contributed by atoms with Crippen LogP contribution in [0, 0.1) is 5.82 Å². The minimum absolute atomic E-state index is 0.0227. The molecule has 43 heavy (non-hydrogen) atoms. The fourth-order valence-corrected chi connectivity index (χ4v) is 5.90. The third-order valence-corrected chi connectivity index (χ3v) is 8.12. The van der Waals surface area contributed by atoms with Crippen LogP contribution in [0.5, 0.6) is 5.75 Å². The smallest absolute Gasteiger partial charge is 0.459 e. The molecule has 1 aliphatic rings. The molecule has 0 saturated carbocycles. The van der Waals surface area contributed by atoms with Crippen molar-refractivity contribution in [1.82, 2.24) is 14.6 Å². The van der Waals surface area contributed by atoms with Crippen molar-refractivity contribution >= 4 is 24.5 Å². The van der Waals surface area contributed by atoms with Crippen LogP contribution in [0.25, 0.3) is 10.8 Å². The van der Waals surface area contributed by atoms with Gasteiger partial charge in [-0.05, 0) is 32.2 Å². The molecule has 1 aliphatic heterocycles. The van der Waals surface area contributed by atoms with E-state index in [1.54, 1.807) is 55.2 Å². The zero-order chi connectivity index (χ0) is 31.7. The number of ether oxygens (including phenoxy) is 2. The number of esters is 1. The third kappa shape index (κ3) is 6.69. The zero-order valence-electron chi connectivity index (χ0n) is 23.0. The molecule has 13 nitrogen and oxygen atoms in total. The SMILES string of the molecule is CC(C)OC(=O)[C@H](C)NP(=O)(OC[C@@]1(C(F)F)O[C@@H](n2cc(F)c(=O)[nH]c2=O)[C@H](O)[C@H]1O)Oc1cccc2ccccc12. The summed E-state index contributed by atoms with van der Waals surface area (Å²) in [4.78, 5) is 37.7. The number of rotatable bonds is 11. The van der Waals surface area contributed by atoms with Crippen molar-refractivity contribution < 1.29 is 51.3 Å². The fourth-order valence-electron chi connectivity index (χ4n) is 4.35. The number of halogens is 3. The first-order valence-corrected chi connectivity index (χ1v) is 14.4. The van der Waals surface area contributed by atoms with Crippen LogP contribution < -0.4 is 20.9 Å². The lowest BCUT2D eigenvalue weighted by Gasteiger charge is -2.32. The number of aromatic nitrogens is 2. The molecule has 1 fully saturated rings. The van der Waals surface area contributed by atoms with Gasteiger partial charge in [-0.15, -0.1) is 0 Å². The molecular formula is C26H29F3N3O10P. The Morgan fingerprint density at radius 1 is 1.16 bits per heavy atom. The number of hydrogen-bond donors (Lipinski definition) is 4. The number of fused-ring (bicyclic) bond motifs is 1. The largest absolute Gasteiger partial charge is 0.462 e. The van der Waals surface area contributed by atoms with Crippen molar-refractivity contribution in [1.29, 1.82) is 0 Å². The van der Waals surface area contributed by atoms with Crippen molar-refractivity contribution in [2.75, 3.05) is 6.61 Å². The maximum absolute atomic E-state index is 14.6. The van der Waals surface area contributed by atoms with Gasteiger partial charge in [-0.2, -0.15) is 9.48 Å². The summed E-state index contributed by atoms with van der Waals surface area (Å²) >= 11 is 0. The second-order valence-electron chi connectivity index (χ2n) is 10.0. The highest BCUT2D eigenvalue weighted by molar-refractivity contribution is 7.52. The summed E-state index contributed by atoms with van der Waals surface area (Å²) in [6, 6.07) is 10.1. The summed E-state index contributed by atoms with van der Waals surface area (Å²) in [5, 5.41) is 24.7. The van der Waals surface area contributed by atoms with E-state index in [2.05, 4.69) is 5.09 Å². The van der Waals surface area contributed by atoms with Gasteiger partial charge in [-0.1, -0.05) is 36.4 Å². The van der Waals surface area contributed by atoms with E-state index in [9.17, 15) is 42.3 Å². The van der Waals surface area contributed by atoms with E-state index in [4.69, 9.17) is 18.5 Å². The van der Waals surface area contributed by atoms with Gasteiger partial charge in [0, 0.05) is 5.39 Å². The quantitative estimate of drug-likeness (QED) is 0.180. The average molecular weight is 631 g/mol. The van der Waals surface area contributed by atoms with Gasteiger partial charge in [-0.3, -0.25) is 23.7 Å². The lowest BCUT2D eigenvalue weighted by atomic mass is 9.96. The first kappa shape index (κ1) is 32.4. The van der Waals surface area contributed by atoms with Gasteiger partial charge >= 0.3 is 19.4 Å². The van der Waals surface area contributed by atoms with Crippen LogP contribution in [0.15, 0.2) is 58.3 Å². The van der Waals surface area contributed by atoms with E-state index in [0.29, 0.717) is 17.0 Å². The van der Waals surface area contributed by atoms with E-state index >= 15 is 0 Å². The van der Waals surface area contributed by atoms with Crippen LogP contribution in [0.1, 0.15) is 27.0 Å². The van der Waals surface area contributed by atoms with Gasteiger partial charge in [0.2, 0.25) is 5.82 Å². The molecule has 1 aromatic heterocycles. The number of alkyl halides is 2. The molecule has 3 aromatic rings. The fraction of sp³-hybridized carbons (Fsp3) is 0.423. The molecule has 234 valence electrons. The second-order valence-corrected chi connectivity index (χ2v) is 11.7. The normalized spacial score (nSPS) is 24.3. The Bertz CT molecular complexity index is 1650. The summed E-state index contributed by atoms with van der Waals surface area (Å²) in [6.45, 7) is 2.97. The highest BCUT2D eigenvalue weighted by Crippen LogP contribution is 2.50. The van der Waals surface area contributed by atoms with Gasteiger partial charge in [-0.25, -0.2) is 18.1 Å². The topological polar surface area (TPSA) is 178 Å². The summed E-state index contributed by atoms with van der Waals surface area (Å²) in [6.07, 6.45) is -10.8. The first-order chi connectivity index (χ1) is 20.2. The Labute approximate surface area is 241 Å². The number of nitrogens with one attached hydrogen (secondary N) is 2. The van der Waals surface area contributed by atoms with Gasteiger partial charge in [0.25, 0.3) is 12.0 Å². The number of carbonyl (C=O) groups excluding carboxylic acids is 1. The summed E-state index contributed by atoms with van der Waals surface area (Å²) < 4.78 is 78.7. The van der Waals surface area contributed by atoms with Gasteiger partial charge < -0.3 is 24.2 Å². The van der Waals surface area contributed by atoms with Crippen LogP contribution in [-0.4, -0.2) is 68.7 Å². The molecule has 2 heterocycles. The number of aromatic amines is 1. The molecule has 0 bridgehead atoms. The highest BCUT2D eigenvalue weighted by Gasteiger charge is 2.61. The molecule has 0 radical (unpaired) electrons. The lowest BCUT2D eigenvalue weighted by Crippen LogP contribution is -2.53. The Morgan fingerprint density at radius 3 is 2.51 bits per heavy atom. The predicted octanol–water partition coefficient (Wildman–Crippen LogP) is 2.22. The number of benzene rings is 2. The molecule has 4 rings (SSSR count). The van der Waals surface area contributed by atoms with Crippen molar-refractivity contribution in [3.8, 4) is 5.75 Å². The molecule has 4 N–H and O–H groups in total. The summed E-state index contributed by atoms with van der Waals surface area (Å²) in [5.41, 5.74) is -5.91. The molecule has 2 aromatic carbocycles. The van der Waals surface area contributed by atoms with Crippen molar-refractivity contribution in [3.05, 3.63) is 75.3 Å². The first-order valence-electron chi connectivity index (χ1n) is 12.9. The Morgan fingerprint density at radius 2 is 1.84 bits per heavy atom. The minimum Gasteiger partial charge on any atom is -0.462 e.